The van der Waals surface area contributed by atoms with Crippen LogP contribution < -0.4 is 25.0 Å². The number of hydrogen-bond acceptors (Lipinski definition) is 6. The summed E-state index contributed by atoms with van der Waals surface area (Å²) in [6.07, 6.45) is 3.01. The molecule has 0 unspecified atom stereocenters. The topological polar surface area (TPSA) is 98.2 Å². The second-order valence-electron chi connectivity index (χ2n) is 5.36. The minimum absolute atomic E-state index is 0.348. The first-order chi connectivity index (χ1) is 13.6. The summed E-state index contributed by atoms with van der Waals surface area (Å²) in [5.74, 6) is -0.281. The number of methoxy groups -OCH3 is 2. The van der Waals surface area contributed by atoms with E-state index in [2.05, 4.69) is 22.4 Å². The van der Waals surface area contributed by atoms with E-state index >= 15 is 0 Å². The van der Waals surface area contributed by atoms with Gasteiger partial charge in [0.15, 0.2) is 11.5 Å². The zero-order valence-corrected chi connectivity index (χ0v) is 15.6. The number of para-hydroxylation sites is 2. The SMILES string of the molecule is C=CCOc1ccc(C=NNC(=O)C(=O)Nc2ccccc2OC)cc1OC. The highest BCUT2D eigenvalue weighted by Gasteiger charge is 2.15. The fourth-order valence-corrected chi connectivity index (χ4v) is 2.18. The summed E-state index contributed by atoms with van der Waals surface area (Å²) in [5, 5.41) is 6.25. The number of hydrazone groups is 1. The van der Waals surface area contributed by atoms with Gasteiger partial charge < -0.3 is 19.5 Å². The van der Waals surface area contributed by atoms with Crippen molar-refractivity contribution in [3.05, 3.63) is 60.7 Å². The maximum Gasteiger partial charge on any atom is 0.329 e. The highest BCUT2D eigenvalue weighted by Crippen LogP contribution is 2.27. The van der Waals surface area contributed by atoms with Gasteiger partial charge in [0.1, 0.15) is 12.4 Å². The lowest BCUT2D eigenvalue weighted by molar-refractivity contribution is -0.136. The van der Waals surface area contributed by atoms with Crippen LogP contribution in [0.15, 0.2) is 60.2 Å². The van der Waals surface area contributed by atoms with Gasteiger partial charge in [-0.25, -0.2) is 5.43 Å². The van der Waals surface area contributed by atoms with Crippen LogP contribution in [-0.4, -0.2) is 38.9 Å². The molecular formula is C20H21N3O5. The van der Waals surface area contributed by atoms with Crippen molar-refractivity contribution in [3.63, 3.8) is 0 Å². The van der Waals surface area contributed by atoms with Crippen molar-refractivity contribution in [2.45, 2.75) is 0 Å². The third-order valence-electron chi connectivity index (χ3n) is 3.49. The van der Waals surface area contributed by atoms with Crippen molar-refractivity contribution in [1.82, 2.24) is 5.43 Å². The number of carbonyl (C=O) groups is 2. The lowest BCUT2D eigenvalue weighted by Gasteiger charge is -2.09. The molecule has 2 rings (SSSR count). The number of hydrogen-bond donors (Lipinski definition) is 2. The number of nitrogens with one attached hydrogen (secondary N) is 2. The van der Waals surface area contributed by atoms with Crippen LogP contribution in [0.25, 0.3) is 0 Å². The molecule has 2 amide bonds. The Hall–Kier alpha value is -3.81. The van der Waals surface area contributed by atoms with Gasteiger partial charge in [-0.15, -0.1) is 0 Å². The van der Waals surface area contributed by atoms with Gasteiger partial charge in [-0.3, -0.25) is 9.59 Å². The Morgan fingerprint density at radius 2 is 1.79 bits per heavy atom. The fourth-order valence-electron chi connectivity index (χ4n) is 2.18. The number of anilines is 1. The van der Waals surface area contributed by atoms with Crippen LogP contribution in [0.1, 0.15) is 5.56 Å². The third kappa shape index (κ3) is 5.60. The molecular weight excluding hydrogens is 362 g/mol. The number of benzene rings is 2. The highest BCUT2D eigenvalue weighted by atomic mass is 16.5. The highest BCUT2D eigenvalue weighted by molar-refractivity contribution is 6.39. The Morgan fingerprint density at radius 1 is 1.04 bits per heavy atom. The molecule has 28 heavy (non-hydrogen) atoms. The summed E-state index contributed by atoms with van der Waals surface area (Å²) >= 11 is 0. The molecule has 2 aromatic carbocycles. The standard InChI is InChI=1S/C20H21N3O5/c1-4-11-28-17-10-9-14(12-18(17)27-3)13-21-23-20(25)19(24)22-15-7-5-6-8-16(15)26-2/h4-10,12-13H,1,11H2,2-3H3,(H,22,24)(H,23,25). The van der Waals surface area contributed by atoms with Crippen molar-refractivity contribution >= 4 is 23.7 Å². The van der Waals surface area contributed by atoms with Crippen LogP contribution >= 0.6 is 0 Å². The fraction of sp³-hybridized carbons (Fsp3) is 0.150. The van der Waals surface area contributed by atoms with E-state index < -0.39 is 11.8 Å². The number of amides is 2. The molecule has 2 N–H and O–H groups in total. The predicted molar refractivity (Wildman–Crippen MR) is 106 cm³/mol. The van der Waals surface area contributed by atoms with Gasteiger partial charge in [0.2, 0.25) is 0 Å². The van der Waals surface area contributed by atoms with E-state index in [-0.39, 0.29) is 0 Å². The third-order valence-corrected chi connectivity index (χ3v) is 3.49. The lowest BCUT2D eigenvalue weighted by Crippen LogP contribution is -2.32. The molecule has 8 heteroatoms. The van der Waals surface area contributed by atoms with Gasteiger partial charge in [-0.2, -0.15) is 5.10 Å². The van der Waals surface area contributed by atoms with Crippen LogP contribution in [0, 0.1) is 0 Å². The van der Waals surface area contributed by atoms with Crippen molar-refractivity contribution in [3.8, 4) is 17.2 Å². The van der Waals surface area contributed by atoms with Gasteiger partial charge in [0.05, 0.1) is 26.1 Å². The van der Waals surface area contributed by atoms with E-state index in [1.54, 1.807) is 48.5 Å². The minimum Gasteiger partial charge on any atom is -0.495 e. The molecule has 0 radical (unpaired) electrons. The van der Waals surface area contributed by atoms with Crippen molar-refractivity contribution in [2.75, 3.05) is 26.1 Å². The van der Waals surface area contributed by atoms with Crippen LogP contribution in [0.3, 0.4) is 0 Å². The van der Waals surface area contributed by atoms with Crippen molar-refractivity contribution in [1.29, 1.82) is 0 Å². The maximum atomic E-state index is 12.0. The second kappa shape index (κ2) is 10.4. The zero-order chi connectivity index (χ0) is 20.4. The van der Waals surface area contributed by atoms with Crippen LogP contribution in [0.4, 0.5) is 5.69 Å². The Kier molecular flexibility index (Phi) is 7.59. The summed E-state index contributed by atoms with van der Waals surface area (Å²) < 4.78 is 15.8. The van der Waals surface area contributed by atoms with Gasteiger partial charge in [-0.05, 0) is 35.9 Å². The average molecular weight is 383 g/mol. The smallest absolute Gasteiger partial charge is 0.329 e. The van der Waals surface area contributed by atoms with E-state index in [1.165, 1.54) is 20.4 Å². The number of rotatable bonds is 8. The first-order valence-electron chi connectivity index (χ1n) is 8.28. The summed E-state index contributed by atoms with van der Waals surface area (Å²) in [6.45, 7) is 3.94. The van der Waals surface area contributed by atoms with E-state index in [0.29, 0.717) is 35.1 Å². The van der Waals surface area contributed by atoms with Crippen LogP contribution in [0.5, 0.6) is 17.2 Å². The molecule has 0 heterocycles. The molecule has 146 valence electrons. The number of ether oxygens (including phenoxy) is 3. The molecule has 0 atom stereocenters. The quantitative estimate of drug-likeness (QED) is 0.316. The molecule has 0 saturated carbocycles. The monoisotopic (exact) mass is 383 g/mol. The van der Waals surface area contributed by atoms with E-state index in [0.717, 1.165) is 0 Å². The summed E-state index contributed by atoms with van der Waals surface area (Å²) in [5.41, 5.74) is 3.20. The van der Waals surface area contributed by atoms with E-state index in [1.807, 2.05) is 0 Å². The van der Waals surface area contributed by atoms with Crippen LogP contribution in [0.2, 0.25) is 0 Å². The first kappa shape index (κ1) is 20.5. The second-order valence-corrected chi connectivity index (χ2v) is 5.36. The van der Waals surface area contributed by atoms with Crippen molar-refractivity contribution < 1.29 is 23.8 Å². The minimum atomic E-state index is -0.917. The van der Waals surface area contributed by atoms with Gasteiger partial charge in [0, 0.05) is 0 Å². The zero-order valence-electron chi connectivity index (χ0n) is 15.6. The molecule has 2 aromatic rings. The van der Waals surface area contributed by atoms with Gasteiger partial charge in [0.25, 0.3) is 0 Å². The molecule has 0 aliphatic carbocycles. The Morgan fingerprint density at radius 3 is 2.50 bits per heavy atom. The van der Waals surface area contributed by atoms with Gasteiger partial charge in [-0.1, -0.05) is 24.8 Å². The largest absolute Gasteiger partial charge is 0.495 e. The van der Waals surface area contributed by atoms with Crippen molar-refractivity contribution in [2.24, 2.45) is 5.10 Å². The summed E-state index contributed by atoms with van der Waals surface area (Å²) in [7, 11) is 2.98. The summed E-state index contributed by atoms with van der Waals surface area (Å²) in [6, 6.07) is 11.9. The molecule has 0 aliphatic heterocycles. The average Bonchev–Trinajstić information content (AvgIpc) is 2.72. The maximum absolute atomic E-state index is 12.0. The Balaban J connectivity index is 1.97. The summed E-state index contributed by atoms with van der Waals surface area (Å²) in [4.78, 5) is 23.9. The molecule has 0 bridgehead atoms. The van der Waals surface area contributed by atoms with Crippen LogP contribution in [-0.2, 0) is 9.59 Å². The predicted octanol–water partition coefficient (Wildman–Crippen LogP) is 2.36. The molecule has 0 fully saturated rings. The Bertz CT molecular complexity index is 880. The first-order valence-corrected chi connectivity index (χ1v) is 8.28. The molecule has 0 saturated heterocycles. The number of nitrogens with zero attached hydrogens (tertiary/aromatic N) is 1. The van der Waals surface area contributed by atoms with Gasteiger partial charge >= 0.3 is 11.8 Å². The van der Waals surface area contributed by atoms with E-state index in [9.17, 15) is 9.59 Å². The molecule has 0 aromatic heterocycles. The lowest BCUT2D eigenvalue weighted by atomic mass is 10.2. The molecule has 8 nitrogen and oxygen atoms in total. The Labute approximate surface area is 162 Å². The molecule has 0 aliphatic rings. The number of carbonyl (C=O) groups excluding carboxylic acids is 2. The van der Waals surface area contributed by atoms with E-state index in [4.69, 9.17) is 14.2 Å². The normalized spacial score (nSPS) is 10.2. The molecule has 0 spiro atoms.